The van der Waals surface area contributed by atoms with Gasteiger partial charge in [-0.15, -0.1) is 12.3 Å². The number of fused-ring (bicyclic) bond motifs is 1. The van der Waals surface area contributed by atoms with Gasteiger partial charge in [0.2, 0.25) is 11.7 Å². The van der Waals surface area contributed by atoms with Gasteiger partial charge < -0.3 is 4.90 Å². The van der Waals surface area contributed by atoms with Gasteiger partial charge in [-0.1, -0.05) is 59.3 Å². The van der Waals surface area contributed by atoms with Crippen molar-refractivity contribution in [3.8, 4) is 12.3 Å². The molecule has 52 heavy (non-hydrogen) atoms. The molecule has 290 valence electrons. The van der Waals surface area contributed by atoms with Gasteiger partial charge in [0.15, 0.2) is 21.4 Å². The number of hydrogen-bond donors (Lipinski definition) is 0. The zero-order valence-electron chi connectivity index (χ0n) is 32.9. The van der Waals surface area contributed by atoms with Crippen LogP contribution in [-0.2, 0) is 33.8 Å². The maximum absolute atomic E-state index is 15.0. The molecule has 0 bridgehead atoms. The van der Waals surface area contributed by atoms with E-state index in [2.05, 4.69) is 26.7 Å². The Bertz CT molecular complexity index is 1550. The third-order valence-corrected chi connectivity index (χ3v) is 17.1. The van der Waals surface area contributed by atoms with Crippen LogP contribution in [0.15, 0.2) is 0 Å². The lowest BCUT2D eigenvalue weighted by Crippen LogP contribution is -2.52. The predicted molar refractivity (Wildman–Crippen MR) is 203 cm³/mol. The molecule has 5 aliphatic rings. The molecule has 0 aromatic rings. The summed E-state index contributed by atoms with van der Waals surface area (Å²) in [5.41, 5.74) is -1.18. The van der Waals surface area contributed by atoms with Gasteiger partial charge in [-0.05, 0) is 99.7 Å². The third kappa shape index (κ3) is 8.79. The SMILES string of the molecule is C#CCCC(CC(=O)[C@@H]1C2[C@H](CN1C(=O)[C@@H](CC(=O)CC1(CS(=O)(=O)C(C)(C)C)CCCCC1)C1(C)CCCCC1)C2(C)C)C(=O)C(=O)CC1CC1. The van der Waals surface area contributed by atoms with E-state index in [1.54, 1.807) is 25.7 Å². The maximum atomic E-state index is 15.0. The number of hydrogen-bond acceptors (Lipinski definition) is 7. The molecule has 5 atom stereocenters. The second-order valence-corrected chi connectivity index (χ2v) is 22.3. The van der Waals surface area contributed by atoms with Crippen molar-refractivity contribution in [3.05, 3.63) is 0 Å². The standard InChI is InChI=1S/C43H65NO7S/c1-8-9-16-30(38(48)35(47)23-29-17-18-29)24-34(46)37-36-33(41(36,5)6)27-44(37)39(49)32(42(7)19-12-10-13-20-42)25-31(45)26-43(21-14-11-15-22-43)28-52(50,51)40(2,3)4/h1,29-30,32-33,36-37H,9-28H2,2-7H3/t30?,32-,33+,36?,37-/m1/s1. The highest BCUT2D eigenvalue weighted by Gasteiger charge is 2.69. The largest absolute Gasteiger partial charge is 0.332 e. The molecule has 9 heteroatoms. The normalized spacial score (nSPS) is 27.5. The number of likely N-dealkylation sites (tertiary alicyclic amines) is 1. The molecule has 8 nitrogen and oxygen atoms in total. The summed E-state index contributed by atoms with van der Waals surface area (Å²) in [6.07, 6.45) is 17.1. The van der Waals surface area contributed by atoms with Crippen molar-refractivity contribution in [2.45, 2.75) is 168 Å². The Hall–Kier alpha value is -2.34. The number of piperidine rings is 1. The molecule has 0 aromatic heterocycles. The maximum Gasteiger partial charge on any atom is 0.227 e. The zero-order chi connectivity index (χ0) is 38.3. The number of carbonyl (C=O) groups is 5. The van der Waals surface area contributed by atoms with E-state index in [9.17, 15) is 27.6 Å². The van der Waals surface area contributed by atoms with E-state index in [1.807, 2.05) is 0 Å². The van der Waals surface area contributed by atoms with Crippen LogP contribution >= 0.6 is 0 Å². The molecule has 4 aliphatic carbocycles. The van der Waals surface area contributed by atoms with Crippen molar-refractivity contribution in [1.29, 1.82) is 0 Å². The smallest absolute Gasteiger partial charge is 0.227 e. The first-order valence-corrected chi connectivity index (χ1v) is 22.0. The quantitative estimate of drug-likeness (QED) is 0.112. The molecule has 2 unspecified atom stereocenters. The number of sulfone groups is 1. The van der Waals surface area contributed by atoms with Crippen molar-refractivity contribution in [1.82, 2.24) is 4.90 Å². The fourth-order valence-electron chi connectivity index (χ4n) is 10.3. The van der Waals surface area contributed by atoms with E-state index >= 15 is 4.79 Å². The molecule has 0 radical (unpaired) electrons. The number of amides is 1. The molecule has 0 N–H and O–H groups in total. The van der Waals surface area contributed by atoms with Crippen LogP contribution in [0, 0.1) is 58.2 Å². The summed E-state index contributed by atoms with van der Waals surface area (Å²) in [4.78, 5) is 71.8. The highest BCUT2D eigenvalue weighted by Crippen LogP contribution is 2.65. The van der Waals surface area contributed by atoms with Gasteiger partial charge >= 0.3 is 0 Å². The summed E-state index contributed by atoms with van der Waals surface area (Å²) in [7, 11) is -3.47. The second-order valence-electron chi connectivity index (χ2n) is 19.6. The third-order valence-electron chi connectivity index (χ3n) is 14.2. The minimum absolute atomic E-state index is 0.0189. The Morgan fingerprint density at radius 2 is 1.48 bits per heavy atom. The van der Waals surface area contributed by atoms with Crippen LogP contribution in [0.3, 0.4) is 0 Å². The van der Waals surface area contributed by atoms with E-state index in [1.165, 1.54) is 0 Å². The molecule has 1 saturated heterocycles. The predicted octanol–water partition coefficient (Wildman–Crippen LogP) is 7.50. The Morgan fingerprint density at radius 1 is 0.885 bits per heavy atom. The van der Waals surface area contributed by atoms with Crippen LogP contribution in [0.4, 0.5) is 0 Å². The zero-order valence-corrected chi connectivity index (χ0v) is 33.7. The molecule has 0 aromatic carbocycles. The van der Waals surface area contributed by atoms with Crippen molar-refractivity contribution < 1.29 is 32.4 Å². The Labute approximate surface area is 313 Å². The van der Waals surface area contributed by atoms with Crippen LogP contribution in [-0.4, -0.2) is 65.4 Å². The van der Waals surface area contributed by atoms with E-state index in [0.29, 0.717) is 19.4 Å². The number of ketones is 4. The first kappa shape index (κ1) is 40.8. The van der Waals surface area contributed by atoms with Gasteiger partial charge in [-0.2, -0.15) is 0 Å². The van der Waals surface area contributed by atoms with Gasteiger partial charge in [0.1, 0.15) is 5.78 Å². The van der Waals surface area contributed by atoms with Gasteiger partial charge in [0.05, 0.1) is 22.5 Å². The minimum atomic E-state index is -3.47. The van der Waals surface area contributed by atoms with Crippen LogP contribution < -0.4 is 0 Å². The van der Waals surface area contributed by atoms with Crippen LogP contribution in [0.1, 0.15) is 157 Å². The first-order valence-electron chi connectivity index (χ1n) is 20.3. The number of terminal acetylenes is 1. The van der Waals surface area contributed by atoms with Crippen molar-refractivity contribution in [3.63, 3.8) is 0 Å². The molecular formula is C43H65NO7S. The number of rotatable bonds is 17. The summed E-state index contributed by atoms with van der Waals surface area (Å²) in [5.74, 6) is 0.160. The second kappa shape index (κ2) is 15.4. The Kier molecular flexibility index (Phi) is 12.1. The topological polar surface area (TPSA) is 123 Å². The van der Waals surface area contributed by atoms with Gasteiger partial charge in [0.25, 0.3) is 0 Å². The lowest BCUT2D eigenvalue weighted by Gasteiger charge is -2.44. The highest BCUT2D eigenvalue weighted by molar-refractivity contribution is 7.92. The monoisotopic (exact) mass is 739 g/mol. The highest BCUT2D eigenvalue weighted by atomic mass is 32.2. The molecular weight excluding hydrogens is 675 g/mol. The summed E-state index contributed by atoms with van der Waals surface area (Å²) in [6.45, 7) is 12.0. The fourth-order valence-corrected chi connectivity index (χ4v) is 11.9. The Balaban J connectivity index is 1.39. The van der Waals surface area contributed by atoms with Crippen molar-refractivity contribution >= 4 is 38.9 Å². The minimum Gasteiger partial charge on any atom is -0.332 e. The van der Waals surface area contributed by atoms with Crippen molar-refractivity contribution in [2.24, 2.45) is 45.8 Å². The van der Waals surface area contributed by atoms with Crippen LogP contribution in [0.2, 0.25) is 0 Å². The number of nitrogens with zero attached hydrogens (tertiary/aromatic N) is 1. The van der Waals surface area contributed by atoms with Gasteiger partial charge in [0, 0.05) is 44.6 Å². The summed E-state index contributed by atoms with van der Waals surface area (Å²) in [6, 6.07) is -0.710. The molecule has 1 heterocycles. The molecule has 5 rings (SSSR count). The molecule has 1 amide bonds. The fraction of sp³-hybridized carbons (Fsp3) is 0.837. The van der Waals surface area contributed by atoms with E-state index in [-0.39, 0.29) is 84.9 Å². The van der Waals surface area contributed by atoms with E-state index in [0.717, 1.165) is 64.2 Å². The van der Waals surface area contributed by atoms with Gasteiger partial charge in [-0.3, -0.25) is 24.0 Å². The first-order chi connectivity index (χ1) is 24.3. The average molecular weight is 740 g/mol. The average Bonchev–Trinajstić information content (AvgIpc) is 3.92. The molecule has 5 fully saturated rings. The van der Waals surface area contributed by atoms with E-state index < -0.39 is 54.9 Å². The van der Waals surface area contributed by atoms with Crippen molar-refractivity contribution in [2.75, 3.05) is 12.3 Å². The number of carbonyl (C=O) groups excluding carboxylic acids is 5. The molecule has 0 spiro atoms. The lowest BCUT2D eigenvalue weighted by atomic mass is 9.64. The number of Topliss-reactive ketones (excluding diaryl/α,β-unsaturated/α-hetero) is 4. The van der Waals surface area contributed by atoms with E-state index in [4.69, 9.17) is 6.42 Å². The Morgan fingerprint density at radius 3 is 2.04 bits per heavy atom. The molecule has 1 aliphatic heterocycles. The van der Waals surface area contributed by atoms with Crippen LogP contribution in [0.5, 0.6) is 0 Å². The van der Waals surface area contributed by atoms with Crippen LogP contribution in [0.25, 0.3) is 0 Å². The lowest BCUT2D eigenvalue weighted by molar-refractivity contribution is -0.150. The molecule has 4 saturated carbocycles. The summed E-state index contributed by atoms with van der Waals surface area (Å²) >= 11 is 0. The van der Waals surface area contributed by atoms with Gasteiger partial charge in [-0.25, -0.2) is 8.42 Å². The summed E-state index contributed by atoms with van der Waals surface area (Å²) in [5, 5.41) is 0. The summed E-state index contributed by atoms with van der Waals surface area (Å²) < 4.78 is 26.1.